The maximum atomic E-state index is 11.3. The molecule has 134 valence electrons. The van der Waals surface area contributed by atoms with Gasteiger partial charge < -0.3 is 14.4 Å². The number of likely N-dealkylation sites (N-methyl/N-ethyl adjacent to an activating group) is 1. The van der Waals surface area contributed by atoms with Crippen LogP contribution in [0.4, 0.5) is 5.82 Å². The lowest BCUT2D eigenvalue weighted by Gasteiger charge is -2.21. The summed E-state index contributed by atoms with van der Waals surface area (Å²) in [7, 11) is 4.18. The Morgan fingerprint density at radius 2 is 1.92 bits per heavy atom. The molecule has 1 aromatic heterocycles. The fourth-order valence-electron chi connectivity index (χ4n) is 3.04. The van der Waals surface area contributed by atoms with E-state index in [4.69, 9.17) is 23.2 Å². The molecule has 1 saturated heterocycles. The molecular weight excluding hydrogens is 381 g/mol. The van der Waals surface area contributed by atoms with Crippen LogP contribution in [0.1, 0.15) is 6.42 Å². The van der Waals surface area contributed by atoms with Crippen molar-refractivity contribution in [1.29, 1.82) is 0 Å². The molecule has 0 bridgehead atoms. The van der Waals surface area contributed by atoms with Crippen LogP contribution in [-0.2, 0) is 11.1 Å². The summed E-state index contributed by atoms with van der Waals surface area (Å²) >= 11 is 10.0. The first kappa shape index (κ1) is 18.6. The lowest BCUT2D eigenvalue weighted by Crippen LogP contribution is -2.31. The van der Waals surface area contributed by atoms with Crippen LogP contribution in [-0.4, -0.2) is 51.9 Å². The lowest BCUT2D eigenvalue weighted by atomic mass is 10.1. The van der Waals surface area contributed by atoms with Gasteiger partial charge in [-0.05, 0) is 55.9 Å². The smallest absolute Gasteiger partial charge is 0.189 e. The molecule has 2 unspecified atom stereocenters. The molecule has 2 heterocycles. The highest BCUT2D eigenvalue weighted by atomic mass is 35.5. The lowest BCUT2D eigenvalue weighted by molar-refractivity contribution is 0.315. The molecule has 1 fully saturated rings. The molecule has 5 nitrogen and oxygen atoms in total. The number of hydrogen-bond donors (Lipinski definition) is 1. The zero-order valence-electron chi connectivity index (χ0n) is 13.9. The number of pyridine rings is 1. The molecule has 0 saturated carbocycles. The van der Waals surface area contributed by atoms with Gasteiger partial charge in [-0.3, -0.25) is 0 Å². The summed E-state index contributed by atoms with van der Waals surface area (Å²) in [6.45, 7) is 1.90. The minimum Gasteiger partial charge on any atom is -0.355 e. The SMILES string of the molecule is CN(C)C1CCN(c2cc(-c3cc(Cl)c(S(=O)O)c(Cl)c3)ccn2)C1. The second-order valence-corrected chi connectivity index (χ2v) is 7.99. The molecule has 0 radical (unpaired) electrons. The maximum Gasteiger partial charge on any atom is 0.189 e. The van der Waals surface area contributed by atoms with Crippen molar-refractivity contribution in [2.45, 2.75) is 17.4 Å². The second kappa shape index (κ2) is 7.60. The van der Waals surface area contributed by atoms with Crippen molar-refractivity contribution in [3.05, 3.63) is 40.5 Å². The first-order valence-electron chi connectivity index (χ1n) is 7.84. The van der Waals surface area contributed by atoms with Crippen molar-refractivity contribution in [2.24, 2.45) is 0 Å². The van der Waals surface area contributed by atoms with Gasteiger partial charge in [-0.25, -0.2) is 9.19 Å². The summed E-state index contributed by atoms with van der Waals surface area (Å²) in [5.74, 6) is 0.906. The monoisotopic (exact) mass is 399 g/mol. The topological polar surface area (TPSA) is 56.7 Å². The summed E-state index contributed by atoms with van der Waals surface area (Å²) in [6, 6.07) is 7.70. The summed E-state index contributed by atoms with van der Waals surface area (Å²) in [6.07, 6.45) is 2.86. The van der Waals surface area contributed by atoms with E-state index in [1.54, 1.807) is 18.3 Å². The van der Waals surface area contributed by atoms with E-state index in [1.165, 1.54) is 0 Å². The average molecular weight is 400 g/mol. The largest absolute Gasteiger partial charge is 0.355 e. The highest BCUT2D eigenvalue weighted by Gasteiger charge is 2.25. The van der Waals surface area contributed by atoms with E-state index in [2.05, 4.69) is 28.9 Å². The quantitative estimate of drug-likeness (QED) is 0.792. The van der Waals surface area contributed by atoms with Crippen molar-refractivity contribution in [3.63, 3.8) is 0 Å². The Morgan fingerprint density at radius 1 is 1.24 bits per heavy atom. The van der Waals surface area contributed by atoms with Gasteiger partial charge in [-0.1, -0.05) is 23.2 Å². The molecule has 8 heteroatoms. The molecular formula is C17H19Cl2N3O2S. The van der Waals surface area contributed by atoms with Gasteiger partial charge in [0.25, 0.3) is 0 Å². The van der Waals surface area contributed by atoms with Crippen LogP contribution < -0.4 is 4.90 Å². The van der Waals surface area contributed by atoms with Gasteiger partial charge in [0.05, 0.1) is 10.0 Å². The van der Waals surface area contributed by atoms with Gasteiger partial charge in [0.15, 0.2) is 11.1 Å². The van der Waals surface area contributed by atoms with E-state index in [9.17, 15) is 8.76 Å². The highest BCUT2D eigenvalue weighted by Crippen LogP contribution is 2.34. The van der Waals surface area contributed by atoms with Crippen LogP contribution in [0.25, 0.3) is 11.1 Å². The number of nitrogens with zero attached hydrogens (tertiary/aromatic N) is 3. The number of halogens is 2. The minimum atomic E-state index is -2.22. The van der Waals surface area contributed by atoms with E-state index in [1.807, 2.05) is 12.1 Å². The first-order chi connectivity index (χ1) is 11.9. The van der Waals surface area contributed by atoms with Crippen LogP contribution in [0.3, 0.4) is 0 Å². The third-order valence-corrected chi connectivity index (χ3v) is 6.08. The normalized spacial score (nSPS) is 18.8. The Balaban J connectivity index is 1.91. The zero-order chi connectivity index (χ0) is 18.1. The fraction of sp³-hybridized carbons (Fsp3) is 0.353. The Morgan fingerprint density at radius 3 is 2.48 bits per heavy atom. The van der Waals surface area contributed by atoms with Crippen molar-refractivity contribution < 1.29 is 8.76 Å². The first-order valence-corrected chi connectivity index (χ1v) is 9.71. The summed E-state index contributed by atoms with van der Waals surface area (Å²) in [4.78, 5) is 9.01. The van der Waals surface area contributed by atoms with Crippen LogP contribution in [0.5, 0.6) is 0 Å². The van der Waals surface area contributed by atoms with E-state index < -0.39 is 11.1 Å². The van der Waals surface area contributed by atoms with Crippen molar-refractivity contribution >= 4 is 40.1 Å². The molecule has 1 aliphatic heterocycles. The second-order valence-electron chi connectivity index (χ2n) is 6.27. The molecule has 0 aliphatic carbocycles. The molecule has 1 aromatic carbocycles. The van der Waals surface area contributed by atoms with Crippen molar-refractivity contribution in [1.82, 2.24) is 9.88 Å². The molecule has 25 heavy (non-hydrogen) atoms. The molecule has 0 amide bonds. The van der Waals surface area contributed by atoms with Crippen molar-refractivity contribution in [2.75, 3.05) is 32.1 Å². The summed E-state index contributed by atoms with van der Waals surface area (Å²) in [5, 5.41) is 0.353. The fourth-order valence-corrected chi connectivity index (χ4v) is 4.37. The van der Waals surface area contributed by atoms with E-state index in [0.717, 1.165) is 36.5 Å². The Bertz CT molecular complexity index is 793. The number of benzene rings is 1. The molecule has 3 rings (SSSR count). The average Bonchev–Trinajstić information content (AvgIpc) is 3.04. The van der Waals surface area contributed by atoms with Gasteiger partial charge in [0.1, 0.15) is 10.7 Å². The third kappa shape index (κ3) is 3.99. The Kier molecular flexibility index (Phi) is 5.65. The van der Waals surface area contributed by atoms with Gasteiger partial charge in [-0.15, -0.1) is 0 Å². The molecule has 2 atom stereocenters. The van der Waals surface area contributed by atoms with Crippen LogP contribution >= 0.6 is 23.2 Å². The summed E-state index contributed by atoms with van der Waals surface area (Å²) < 4.78 is 20.6. The van der Waals surface area contributed by atoms with Gasteiger partial charge in [0, 0.05) is 25.3 Å². The predicted octanol–water partition coefficient (Wildman–Crippen LogP) is 3.78. The molecule has 2 aromatic rings. The Hall–Kier alpha value is -1.18. The predicted molar refractivity (Wildman–Crippen MR) is 103 cm³/mol. The van der Waals surface area contributed by atoms with Crippen molar-refractivity contribution in [3.8, 4) is 11.1 Å². The van der Waals surface area contributed by atoms with Crippen LogP contribution in [0.15, 0.2) is 35.4 Å². The van der Waals surface area contributed by atoms with Gasteiger partial charge >= 0.3 is 0 Å². The zero-order valence-corrected chi connectivity index (χ0v) is 16.3. The van der Waals surface area contributed by atoms with Gasteiger partial charge in [0.2, 0.25) is 0 Å². The standard InChI is InChI=1S/C17H19Cl2N3O2S/c1-21(2)13-4-6-22(10-13)16-9-11(3-5-20-16)12-7-14(18)17(25(23)24)15(19)8-12/h3,5,7-9,13H,4,6,10H2,1-2H3,(H,23,24). The molecule has 0 spiro atoms. The minimum absolute atomic E-state index is 0.0368. The number of aromatic nitrogens is 1. The highest BCUT2D eigenvalue weighted by molar-refractivity contribution is 7.79. The number of anilines is 1. The number of hydrogen-bond acceptors (Lipinski definition) is 4. The molecule has 1 N–H and O–H groups in total. The third-order valence-electron chi connectivity index (χ3n) is 4.47. The van der Waals surface area contributed by atoms with Crippen LogP contribution in [0.2, 0.25) is 10.0 Å². The summed E-state index contributed by atoms with van der Waals surface area (Å²) in [5.41, 5.74) is 1.70. The van der Waals surface area contributed by atoms with E-state index >= 15 is 0 Å². The molecule has 1 aliphatic rings. The maximum absolute atomic E-state index is 11.3. The van der Waals surface area contributed by atoms with Gasteiger partial charge in [-0.2, -0.15) is 0 Å². The number of rotatable bonds is 4. The Labute approximate surface area is 159 Å². The van der Waals surface area contributed by atoms with Crippen LogP contribution in [0, 0.1) is 0 Å². The van der Waals surface area contributed by atoms with E-state index in [0.29, 0.717) is 6.04 Å². The van der Waals surface area contributed by atoms with E-state index in [-0.39, 0.29) is 14.9 Å².